The molecule has 0 bridgehead atoms. The molecule has 1 fully saturated rings. The van der Waals surface area contributed by atoms with Gasteiger partial charge in [-0.15, -0.1) is 0 Å². The number of pyridine rings is 1. The van der Waals surface area contributed by atoms with Crippen molar-refractivity contribution in [2.24, 2.45) is 7.05 Å². The van der Waals surface area contributed by atoms with E-state index >= 15 is 0 Å². The van der Waals surface area contributed by atoms with E-state index < -0.39 is 0 Å². The summed E-state index contributed by atoms with van der Waals surface area (Å²) in [4.78, 5) is 17.9. The molecule has 8 heteroatoms. The Hall–Kier alpha value is -2.90. The second-order valence-electron chi connectivity index (χ2n) is 5.94. The lowest BCUT2D eigenvalue weighted by atomic mass is 10.2. The number of aryl methyl sites for hydroxylation is 1. The summed E-state index contributed by atoms with van der Waals surface area (Å²) in [7, 11) is 1.92. The van der Waals surface area contributed by atoms with E-state index in [2.05, 4.69) is 35.9 Å². The van der Waals surface area contributed by atoms with Crippen LogP contribution in [0.5, 0.6) is 5.88 Å². The van der Waals surface area contributed by atoms with Crippen LogP contribution in [0.2, 0.25) is 0 Å². The molecule has 3 aromatic rings. The van der Waals surface area contributed by atoms with Crippen LogP contribution in [0.25, 0.3) is 11.0 Å². The van der Waals surface area contributed by atoms with Crippen molar-refractivity contribution in [2.45, 2.75) is 6.92 Å². The smallest absolute Gasteiger partial charge is 0.228 e. The Kier molecular flexibility index (Phi) is 4.09. The van der Waals surface area contributed by atoms with Crippen LogP contribution < -0.4 is 14.5 Å². The van der Waals surface area contributed by atoms with Crippen molar-refractivity contribution in [3.05, 3.63) is 30.7 Å². The lowest BCUT2D eigenvalue weighted by molar-refractivity contribution is 0.326. The Morgan fingerprint density at radius 2 is 1.80 bits per heavy atom. The first-order chi connectivity index (χ1) is 12.3. The molecule has 1 aliphatic heterocycles. The van der Waals surface area contributed by atoms with Crippen molar-refractivity contribution in [2.75, 3.05) is 42.6 Å². The molecule has 0 saturated carbocycles. The average molecular weight is 339 g/mol. The highest BCUT2D eigenvalue weighted by Gasteiger charge is 2.21. The monoisotopic (exact) mass is 339 g/mol. The fourth-order valence-corrected chi connectivity index (χ4v) is 3.17. The number of fused-ring (bicyclic) bond motifs is 1. The highest BCUT2D eigenvalue weighted by molar-refractivity contribution is 5.89. The van der Waals surface area contributed by atoms with E-state index in [1.807, 2.05) is 31.0 Å². The second kappa shape index (κ2) is 6.54. The Balaban J connectivity index is 1.50. The van der Waals surface area contributed by atoms with E-state index in [4.69, 9.17) is 4.74 Å². The number of ether oxygens (including phenoxy) is 1. The fourth-order valence-electron chi connectivity index (χ4n) is 3.17. The van der Waals surface area contributed by atoms with Gasteiger partial charge < -0.3 is 14.5 Å². The van der Waals surface area contributed by atoms with Crippen molar-refractivity contribution in [1.29, 1.82) is 0 Å². The number of anilines is 2. The van der Waals surface area contributed by atoms with Gasteiger partial charge in [0.05, 0.1) is 23.9 Å². The van der Waals surface area contributed by atoms with Gasteiger partial charge in [0.25, 0.3) is 0 Å². The van der Waals surface area contributed by atoms with Gasteiger partial charge >= 0.3 is 0 Å². The molecule has 0 N–H and O–H groups in total. The summed E-state index contributed by atoms with van der Waals surface area (Å²) in [5, 5.41) is 5.41. The second-order valence-corrected chi connectivity index (χ2v) is 5.94. The third kappa shape index (κ3) is 2.95. The molecule has 0 amide bonds. The molecule has 4 heterocycles. The van der Waals surface area contributed by atoms with Crippen molar-refractivity contribution >= 4 is 22.7 Å². The summed E-state index contributed by atoms with van der Waals surface area (Å²) < 4.78 is 7.28. The van der Waals surface area contributed by atoms with Gasteiger partial charge in [-0.3, -0.25) is 4.68 Å². The summed E-state index contributed by atoms with van der Waals surface area (Å²) in [6.07, 6.45) is 5.49. The summed E-state index contributed by atoms with van der Waals surface area (Å²) in [6, 6.07) is 3.85. The fraction of sp³-hybridized carbons (Fsp3) is 0.412. The van der Waals surface area contributed by atoms with E-state index in [0.717, 1.165) is 43.2 Å². The van der Waals surface area contributed by atoms with E-state index in [0.29, 0.717) is 12.5 Å². The highest BCUT2D eigenvalue weighted by Crippen LogP contribution is 2.26. The van der Waals surface area contributed by atoms with Crippen LogP contribution in [-0.4, -0.2) is 57.5 Å². The largest absolute Gasteiger partial charge is 0.478 e. The molecular formula is C17H21N7O. The first-order valence-corrected chi connectivity index (χ1v) is 8.48. The Bertz CT molecular complexity index is 870. The van der Waals surface area contributed by atoms with Crippen LogP contribution in [0.15, 0.2) is 30.7 Å². The standard InChI is InChI=1S/C17H21N7O/c1-3-25-15-5-7-19-17(21-15)24-10-8-23(9-11-24)14-4-6-18-16-13(14)12-20-22(16)2/h4-7,12H,3,8-11H2,1-2H3. The summed E-state index contributed by atoms with van der Waals surface area (Å²) in [5.74, 6) is 1.35. The molecular weight excluding hydrogens is 318 g/mol. The van der Waals surface area contributed by atoms with Crippen molar-refractivity contribution < 1.29 is 4.74 Å². The van der Waals surface area contributed by atoms with Gasteiger partial charge in [0.15, 0.2) is 5.65 Å². The molecule has 0 radical (unpaired) electrons. The van der Waals surface area contributed by atoms with Crippen LogP contribution >= 0.6 is 0 Å². The third-order valence-electron chi connectivity index (χ3n) is 4.43. The highest BCUT2D eigenvalue weighted by atomic mass is 16.5. The topological polar surface area (TPSA) is 72.2 Å². The third-order valence-corrected chi connectivity index (χ3v) is 4.43. The molecule has 1 saturated heterocycles. The molecule has 3 aromatic heterocycles. The minimum atomic E-state index is 0.605. The predicted molar refractivity (Wildman–Crippen MR) is 96.1 cm³/mol. The number of hydrogen-bond acceptors (Lipinski definition) is 7. The average Bonchev–Trinajstić information content (AvgIpc) is 3.04. The van der Waals surface area contributed by atoms with Crippen LogP contribution in [0.1, 0.15) is 6.92 Å². The first-order valence-electron chi connectivity index (χ1n) is 8.48. The minimum Gasteiger partial charge on any atom is -0.478 e. The zero-order chi connectivity index (χ0) is 17.2. The quantitative estimate of drug-likeness (QED) is 0.713. The summed E-state index contributed by atoms with van der Waals surface area (Å²) >= 11 is 0. The van der Waals surface area contributed by atoms with Gasteiger partial charge in [0.1, 0.15) is 0 Å². The SMILES string of the molecule is CCOc1ccnc(N2CCN(c3ccnc4c3cnn4C)CC2)n1. The molecule has 130 valence electrons. The van der Waals surface area contributed by atoms with Gasteiger partial charge in [-0.05, 0) is 13.0 Å². The number of hydrogen-bond donors (Lipinski definition) is 0. The zero-order valence-corrected chi connectivity index (χ0v) is 14.5. The molecule has 0 spiro atoms. The van der Waals surface area contributed by atoms with Gasteiger partial charge in [0.2, 0.25) is 11.8 Å². The van der Waals surface area contributed by atoms with Gasteiger partial charge in [-0.2, -0.15) is 10.1 Å². The minimum absolute atomic E-state index is 0.605. The summed E-state index contributed by atoms with van der Waals surface area (Å²) in [5.41, 5.74) is 2.09. The van der Waals surface area contributed by atoms with Gasteiger partial charge in [-0.25, -0.2) is 9.97 Å². The van der Waals surface area contributed by atoms with Crippen LogP contribution in [-0.2, 0) is 7.05 Å². The van der Waals surface area contributed by atoms with E-state index in [9.17, 15) is 0 Å². The predicted octanol–water partition coefficient (Wildman–Crippen LogP) is 1.48. The van der Waals surface area contributed by atoms with Crippen LogP contribution in [0, 0.1) is 0 Å². The molecule has 0 aromatic carbocycles. The van der Waals surface area contributed by atoms with E-state index in [1.54, 1.807) is 12.3 Å². The Labute approximate surface area is 146 Å². The Morgan fingerprint density at radius 3 is 2.60 bits per heavy atom. The molecule has 0 unspecified atom stereocenters. The number of aromatic nitrogens is 5. The molecule has 25 heavy (non-hydrogen) atoms. The van der Waals surface area contributed by atoms with E-state index in [1.165, 1.54) is 5.69 Å². The van der Waals surface area contributed by atoms with Crippen LogP contribution in [0.4, 0.5) is 11.6 Å². The van der Waals surface area contributed by atoms with Gasteiger partial charge in [-0.1, -0.05) is 0 Å². The summed E-state index contributed by atoms with van der Waals surface area (Å²) in [6.45, 7) is 6.08. The number of piperazine rings is 1. The zero-order valence-electron chi connectivity index (χ0n) is 14.5. The maximum absolute atomic E-state index is 5.47. The first kappa shape index (κ1) is 15.6. The lowest BCUT2D eigenvalue weighted by Gasteiger charge is -2.36. The normalized spacial score (nSPS) is 15.0. The van der Waals surface area contributed by atoms with Crippen molar-refractivity contribution in [3.8, 4) is 5.88 Å². The van der Waals surface area contributed by atoms with Crippen molar-refractivity contribution in [1.82, 2.24) is 24.7 Å². The lowest BCUT2D eigenvalue weighted by Crippen LogP contribution is -2.47. The Morgan fingerprint density at radius 1 is 1.04 bits per heavy atom. The molecule has 8 nitrogen and oxygen atoms in total. The van der Waals surface area contributed by atoms with E-state index in [-0.39, 0.29) is 0 Å². The molecule has 4 rings (SSSR count). The number of rotatable bonds is 4. The number of nitrogens with zero attached hydrogens (tertiary/aromatic N) is 7. The molecule has 1 aliphatic rings. The van der Waals surface area contributed by atoms with Gasteiger partial charge in [0, 0.05) is 51.7 Å². The van der Waals surface area contributed by atoms with Crippen LogP contribution in [0.3, 0.4) is 0 Å². The molecule has 0 aliphatic carbocycles. The molecule has 0 atom stereocenters. The maximum Gasteiger partial charge on any atom is 0.228 e. The van der Waals surface area contributed by atoms with Crippen molar-refractivity contribution in [3.63, 3.8) is 0 Å². The maximum atomic E-state index is 5.47.